The lowest BCUT2D eigenvalue weighted by Gasteiger charge is -2.46. The molecule has 1 heterocycles. The second kappa shape index (κ2) is 15.8. The zero-order valence-corrected chi connectivity index (χ0v) is 23.1. The molecule has 8 nitrogen and oxygen atoms in total. The number of rotatable bonds is 14. The summed E-state index contributed by atoms with van der Waals surface area (Å²) in [6, 6.07) is 28.8. The van der Waals surface area contributed by atoms with E-state index in [0.29, 0.717) is 19.8 Å². The predicted molar refractivity (Wildman–Crippen MR) is 154 cm³/mol. The molecule has 0 radical (unpaired) electrons. The summed E-state index contributed by atoms with van der Waals surface area (Å²) in [6.45, 7) is 2.65. The van der Waals surface area contributed by atoms with Crippen LogP contribution in [0.5, 0.6) is 0 Å². The number of carbonyl (C=O) groups is 2. The highest BCUT2D eigenvalue weighted by Gasteiger charge is 2.47. The molecule has 0 saturated carbocycles. The highest BCUT2D eigenvalue weighted by atomic mass is 16.6. The van der Waals surface area contributed by atoms with Gasteiger partial charge >= 0.3 is 5.97 Å². The molecule has 216 valence electrons. The van der Waals surface area contributed by atoms with Gasteiger partial charge in [-0.2, -0.15) is 0 Å². The topological polar surface area (TPSA) is 103 Å². The quantitative estimate of drug-likeness (QED) is 0.277. The largest absolute Gasteiger partial charge is 0.478 e. The number of carboxylic acid groups (broad SMARTS) is 1. The van der Waals surface area contributed by atoms with Crippen molar-refractivity contribution in [2.45, 2.75) is 63.6 Å². The van der Waals surface area contributed by atoms with Crippen LogP contribution in [0.1, 0.15) is 30.0 Å². The molecule has 2 N–H and O–H groups in total. The summed E-state index contributed by atoms with van der Waals surface area (Å²) in [5.74, 6) is -1.31. The third kappa shape index (κ3) is 9.65. The number of carboxylic acids is 1. The lowest BCUT2D eigenvalue weighted by Crippen LogP contribution is -2.65. The molecule has 5 atom stereocenters. The van der Waals surface area contributed by atoms with Gasteiger partial charge in [0.1, 0.15) is 18.3 Å². The van der Waals surface area contributed by atoms with Crippen molar-refractivity contribution in [1.29, 1.82) is 0 Å². The third-order valence-electron chi connectivity index (χ3n) is 6.76. The summed E-state index contributed by atoms with van der Waals surface area (Å²) < 4.78 is 25.6. The Labute approximate surface area is 240 Å². The van der Waals surface area contributed by atoms with Gasteiger partial charge in [0.05, 0.1) is 38.6 Å². The molecule has 8 heteroatoms. The molecule has 0 aromatic heterocycles. The van der Waals surface area contributed by atoms with Gasteiger partial charge in [-0.3, -0.25) is 4.79 Å². The average Bonchev–Trinajstić information content (AvgIpc) is 2.98. The van der Waals surface area contributed by atoms with Crippen LogP contribution in [0.15, 0.2) is 103 Å². The number of hydrogen-bond acceptors (Lipinski definition) is 6. The van der Waals surface area contributed by atoms with Gasteiger partial charge in [-0.25, -0.2) is 4.79 Å². The summed E-state index contributed by atoms with van der Waals surface area (Å²) >= 11 is 0. The number of carbonyl (C=O) groups excluding carboxylic acids is 1. The predicted octanol–water partition coefficient (Wildman–Crippen LogP) is 4.68. The normalized spacial score (nSPS) is 22.4. The Bertz CT molecular complexity index is 1240. The first kappa shape index (κ1) is 30.1. The van der Waals surface area contributed by atoms with Crippen LogP contribution in [-0.4, -0.2) is 54.0 Å². The molecule has 41 heavy (non-hydrogen) atoms. The maximum absolute atomic E-state index is 12.4. The number of amides is 1. The molecule has 0 unspecified atom stereocenters. The molecule has 1 saturated heterocycles. The van der Waals surface area contributed by atoms with Gasteiger partial charge in [-0.15, -0.1) is 0 Å². The van der Waals surface area contributed by atoms with E-state index in [-0.39, 0.29) is 18.9 Å². The van der Waals surface area contributed by atoms with E-state index in [1.807, 2.05) is 91.0 Å². The Morgan fingerprint density at radius 3 is 1.80 bits per heavy atom. The molecule has 1 aliphatic rings. The summed E-state index contributed by atoms with van der Waals surface area (Å²) in [7, 11) is 0. The van der Waals surface area contributed by atoms with Gasteiger partial charge in [0.25, 0.3) is 0 Å². The Hall–Kier alpha value is -3.82. The smallest absolute Gasteiger partial charge is 0.327 e. The number of ether oxygens (including phenoxy) is 4. The second-order valence-corrected chi connectivity index (χ2v) is 9.94. The van der Waals surface area contributed by atoms with Crippen LogP contribution >= 0.6 is 0 Å². The molecule has 4 rings (SSSR count). The van der Waals surface area contributed by atoms with Crippen molar-refractivity contribution in [2.24, 2.45) is 0 Å². The van der Waals surface area contributed by atoms with Gasteiger partial charge in [0, 0.05) is 13.0 Å². The highest BCUT2D eigenvalue weighted by Crippen LogP contribution is 2.30. The van der Waals surface area contributed by atoms with E-state index < -0.39 is 36.4 Å². The van der Waals surface area contributed by atoms with E-state index >= 15 is 0 Å². The van der Waals surface area contributed by atoms with Gasteiger partial charge < -0.3 is 29.4 Å². The number of aliphatic carboxylic acids is 1. The van der Waals surface area contributed by atoms with E-state index in [9.17, 15) is 9.59 Å². The SMILES string of the molecule is CC(=O)N[C@@H]1[C@@H](OCc2ccccc2)[C@H](OCc2ccccc2)[C@@H](COCc2ccccc2)O[C@@H]1C/C=C/C(=O)O. The summed E-state index contributed by atoms with van der Waals surface area (Å²) in [6.07, 6.45) is 0.545. The second-order valence-electron chi connectivity index (χ2n) is 9.94. The van der Waals surface area contributed by atoms with Crippen molar-refractivity contribution in [3.05, 3.63) is 120 Å². The fraction of sp³-hybridized carbons (Fsp3) is 0.333. The Balaban J connectivity index is 1.62. The molecule has 0 aliphatic carbocycles. The third-order valence-corrected chi connectivity index (χ3v) is 6.76. The molecule has 1 aliphatic heterocycles. The average molecular weight is 560 g/mol. The van der Waals surface area contributed by atoms with Gasteiger partial charge in [0.2, 0.25) is 5.91 Å². The zero-order chi connectivity index (χ0) is 28.9. The molecular weight excluding hydrogens is 522 g/mol. The molecular formula is C33H37NO7. The van der Waals surface area contributed by atoms with Crippen LogP contribution in [0, 0.1) is 0 Å². The maximum Gasteiger partial charge on any atom is 0.327 e. The van der Waals surface area contributed by atoms with Crippen molar-refractivity contribution in [1.82, 2.24) is 5.32 Å². The van der Waals surface area contributed by atoms with Crippen LogP contribution < -0.4 is 5.32 Å². The van der Waals surface area contributed by atoms with Gasteiger partial charge in [-0.1, -0.05) is 97.1 Å². The fourth-order valence-electron chi connectivity index (χ4n) is 4.86. The summed E-state index contributed by atoms with van der Waals surface area (Å²) in [5.41, 5.74) is 2.99. The van der Waals surface area contributed by atoms with E-state index in [4.69, 9.17) is 24.1 Å². The maximum atomic E-state index is 12.4. The molecule has 1 fully saturated rings. The molecule has 0 spiro atoms. The van der Waals surface area contributed by atoms with Crippen molar-refractivity contribution in [3.8, 4) is 0 Å². The summed E-state index contributed by atoms with van der Waals surface area (Å²) in [4.78, 5) is 23.5. The highest BCUT2D eigenvalue weighted by molar-refractivity contribution is 5.79. The standard InChI is InChI=1S/C33H37NO7/c1-24(35)34-31-28(18-11-19-30(36)37)41-29(23-38-20-25-12-5-2-6-13-25)32(39-21-26-14-7-3-8-15-26)33(31)40-22-27-16-9-4-10-17-27/h2-17,19,28-29,31-33H,18,20-23H2,1H3,(H,34,35)(H,36,37)/b19-11+/t28-,29-,31+,32-,33-/m1/s1. The number of nitrogens with one attached hydrogen (secondary N) is 1. The molecule has 1 amide bonds. The van der Waals surface area contributed by atoms with Crippen LogP contribution in [0.3, 0.4) is 0 Å². The van der Waals surface area contributed by atoms with Crippen LogP contribution in [-0.2, 0) is 48.4 Å². The first-order chi connectivity index (χ1) is 20.0. The van der Waals surface area contributed by atoms with Crippen molar-refractivity contribution >= 4 is 11.9 Å². The monoisotopic (exact) mass is 559 g/mol. The van der Waals surface area contributed by atoms with E-state index in [1.54, 1.807) is 0 Å². The zero-order valence-electron chi connectivity index (χ0n) is 23.1. The summed E-state index contributed by atoms with van der Waals surface area (Å²) in [5, 5.41) is 12.1. The molecule has 0 bridgehead atoms. The lowest BCUT2D eigenvalue weighted by molar-refractivity contribution is -0.231. The van der Waals surface area contributed by atoms with Crippen molar-refractivity contribution in [3.63, 3.8) is 0 Å². The van der Waals surface area contributed by atoms with Crippen molar-refractivity contribution in [2.75, 3.05) is 6.61 Å². The van der Waals surface area contributed by atoms with E-state index in [2.05, 4.69) is 5.32 Å². The van der Waals surface area contributed by atoms with Crippen molar-refractivity contribution < 1.29 is 33.6 Å². The Morgan fingerprint density at radius 2 is 1.29 bits per heavy atom. The minimum atomic E-state index is -1.06. The van der Waals surface area contributed by atoms with Crippen LogP contribution in [0.25, 0.3) is 0 Å². The lowest BCUT2D eigenvalue weighted by atomic mass is 9.90. The first-order valence-corrected chi connectivity index (χ1v) is 13.7. The van der Waals surface area contributed by atoms with Crippen LogP contribution in [0.2, 0.25) is 0 Å². The van der Waals surface area contributed by atoms with Gasteiger partial charge in [-0.05, 0) is 23.1 Å². The number of hydrogen-bond donors (Lipinski definition) is 2. The minimum absolute atomic E-state index is 0.214. The van der Waals surface area contributed by atoms with Crippen LogP contribution in [0.4, 0.5) is 0 Å². The van der Waals surface area contributed by atoms with E-state index in [0.717, 1.165) is 22.8 Å². The first-order valence-electron chi connectivity index (χ1n) is 13.7. The van der Waals surface area contributed by atoms with E-state index in [1.165, 1.54) is 13.0 Å². The fourth-order valence-corrected chi connectivity index (χ4v) is 4.86. The molecule has 3 aromatic rings. The Morgan fingerprint density at radius 1 is 0.780 bits per heavy atom. The number of benzene rings is 3. The minimum Gasteiger partial charge on any atom is -0.478 e. The molecule has 3 aromatic carbocycles. The Kier molecular flexibility index (Phi) is 11.6. The van der Waals surface area contributed by atoms with Gasteiger partial charge in [0.15, 0.2) is 0 Å².